The lowest BCUT2D eigenvalue weighted by Crippen LogP contribution is -2.38. The number of hydrogen-bond acceptors (Lipinski definition) is 2. The number of carbonyl (C=O) groups excluding carboxylic acids is 1. The van der Waals surface area contributed by atoms with Crippen molar-refractivity contribution in [2.24, 2.45) is 0 Å². The number of aliphatic hydroxyl groups is 1. The first kappa shape index (κ1) is 12.8. The number of anilines is 1. The minimum Gasteiger partial charge on any atom is -0.395 e. The van der Waals surface area contributed by atoms with Gasteiger partial charge in [0, 0.05) is 18.3 Å². The fraction of sp³-hybridized carbons (Fsp3) is 0.462. The smallest absolute Gasteiger partial charge is 0.322 e. The van der Waals surface area contributed by atoms with E-state index in [1.807, 2.05) is 0 Å². The number of halogens is 1. The van der Waals surface area contributed by atoms with Crippen LogP contribution in [0.5, 0.6) is 0 Å². The highest BCUT2D eigenvalue weighted by atomic mass is 19.1. The lowest BCUT2D eigenvalue weighted by atomic mass is 10.2. The maximum Gasteiger partial charge on any atom is 0.322 e. The van der Waals surface area contributed by atoms with Crippen LogP contribution in [0.15, 0.2) is 18.2 Å². The molecule has 1 fully saturated rings. The van der Waals surface area contributed by atoms with Gasteiger partial charge in [-0.3, -0.25) is 0 Å². The van der Waals surface area contributed by atoms with Crippen LogP contribution in [0.4, 0.5) is 14.9 Å². The molecule has 1 aromatic carbocycles. The van der Waals surface area contributed by atoms with Gasteiger partial charge in [0.25, 0.3) is 0 Å². The molecule has 0 heterocycles. The quantitative estimate of drug-likeness (QED) is 0.862. The van der Waals surface area contributed by atoms with Crippen LogP contribution in [0.25, 0.3) is 0 Å². The zero-order valence-corrected chi connectivity index (χ0v) is 10.3. The van der Waals surface area contributed by atoms with Crippen molar-refractivity contribution in [2.75, 3.05) is 18.5 Å². The molecular weight excluding hydrogens is 235 g/mol. The summed E-state index contributed by atoms with van der Waals surface area (Å²) in [5.74, 6) is -0.340. The van der Waals surface area contributed by atoms with Crippen LogP contribution in [-0.4, -0.2) is 35.2 Å². The lowest BCUT2D eigenvalue weighted by molar-refractivity contribution is 0.185. The number of rotatable bonds is 4. The zero-order chi connectivity index (χ0) is 13.1. The Morgan fingerprint density at radius 2 is 2.28 bits per heavy atom. The fourth-order valence-electron chi connectivity index (χ4n) is 1.81. The fourth-order valence-corrected chi connectivity index (χ4v) is 1.81. The Bertz CT molecular complexity index is 447. The van der Waals surface area contributed by atoms with Crippen molar-refractivity contribution < 1.29 is 14.3 Å². The summed E-state index contributed by atoms with van der Waals surface area (Å²) in [5, 5.41) is 11.6. The van der Waals surface area contributed by atoms with Gasteiger partial charge in [0.2, 0.25) is 0 Å². The first-order chi connectivity index (χ1) is 8.61. The molecule has 0 aliphatic heterocycles. The Morgan fingerprint density at radius 3 is 2.83 bits per heavy atom. The molecule has 4 nitrogen and oxygen atoms in total. The number of nitrogens with zero attached hydrogens (tertiary/aromatic N) is 1. The first-order valence-electron chi connectivity index (χ1n) is 6.06. The summed E-state index contributed by atoms with van der Waals surface area (Å²) in [7, 11) is 0. The molecule has 0 bridgehead atoms. The van der Waals surface area contributed by atoms with E-state index in [4.69, 9.17) is 5.11 Å². The summed E-state index contributed by atoms with van der Waals surface area (Å²) < 4.78 is 13.3. The third-order valence-corrected chi connectivity index (χ3v) is 3.01. The molecule has 2 rings (SSSR count). The summed E-state index contributed by atoms with van der Waals surface area (Å²) in [6, 6.07) is 4.53. The first-order valence-corrected chi connectivity index (χ1v) is 6.06. The number of benzene rings is 1. The standard InChI is InChI=1S/C13H17FN2O2/c1-9-2-3-10(8-12(9)14)15-13(18)16(6-7-17)11-4-5-11/h2-3,8,11,17H,4-7H2,1H3,(H,15,18). The van der Waals surface area contributed by atoms with Crippen molar-refractivity contribution in [1.29, 1.82) is 0 Å². The number of aliphatic hydroxyl groups excluding tert-OH is 1. The number of nitrogens with one attached hydrogen (secondary N) is 1. The van der Waals surface area contributed by atoms with Crippen LogP contribution >= 0.6 is 0 Å². The van der Waals surface area contributed by atoms with E-state index in [1.54, 1.807) is 24.0 Å². The Labute approximate surface area is 105 Å². The van der Waals surface area contributed by atoms with E-state index in [2.05, 4.69) is 5.32 Å². The van der Waals surface area contributed by atoms with Crippen molar-refractivity contribution in [1.82, 2.24) is 4.90 Å². The summed E-state index contributed by atoms with van der Waals surface area (Å²) in [6.45, 7) is 1.92. The van der Waals surface area contributed by atoms with Crippen LogP contribution in [0.3, 0.4) is 0 Å². The number of amides is 2. The van der Waals surface area contributed by atoms with Gasteiger partial charge in [0.05, 0.1) is 6.61 Å². The molecule has 18 heavy (non-hydrogen) atoms. The van der Waals surface area contributed by atoms with Crippen molar-refractivity contribution in [3.8, 4) is 0 Å². The van der Waals surface area contributed by atoms with E-state index >= 15 is 0 Å². The number of aryl methyl sites for hydroxylation is 1. The molecule has 1 saturated carbocycles. The molecule has 2 amide bonds. The molecule has 1 aliphatic carbocycles. The molecule has 98 valence electrons. The van der Waals surface area contributed by atoms with Gasteiger partial charge in [-0.2, -0.15) is 0 Å². The highest BCUT2D eigenvalue weighted by molar-refractivity contribution is 5.89. The van der Waals surface area contributed by atoms with Crippen LogP contribution in [0.1, 0.15) is 18.4 Å². The summed E-state index contributed by atoms with van der Waals surface area (Å²) >= 11 is 0. The van der Waals surface area contributed by atoms with Gasteiger partial charge >= 0.3 is 6.03 Å². The summed E-state index contributed by atoms with van der Waals surface area (Å²) in [6.07, 6.45) is 1.94. The molecule has 1 aliphatic rings. The number of hydrogen-bond donors (Lipinski definition) is 2. The maximum atomic E-state index is 13.3. The van der Waals surface area contributed by atoms with E-state index in [-0.39, 0.29) is 24.5 Å². The van der Waals surface area contributed by atoms with Crippen LogP contribution in [0.2, 0.25) is 0 Å². The molecule has 0 radical (unpaired) electrons. The molecule has 0 saturated heterocycles. The lowest BCUT2D eigenvalue weighted by Gasteiger charge is -2.21. The molecule has 1 aromatic rings. The minimum atomic E-state index is -0.340. The van der Waals surface area contributed by atoms with Crippen molar-refractivity contribution >= 4 is 11.7 Å². The third kappa shape index (κ3) is 2.98. The number of carbonyl (C=O) groups is 1. The average Bonchev–Trinajstić information content (AvgIpc) is 3.15. The van der Waals surface area contributed by atoms with E-state index in [9.17, 15) is 9.18 Å². The van der Waals surface area contributed by atoms with E-state index in [0.717, 1.165) is 12.8 Å². The van der Waals surface area contributed by atoms with E-state index in [1.165, 1.54) is 6.07 Å². The number of urea groups is 1. The van der Waals surface area contributed by atoms with E-state index < -0.39 is 0 Å². The van der Waals surface area contributed by atoms with Crippen LogP contribution in [-0.2, 0) is 0 Å². The highest BCUT2D eigenvalue weighted by Crippen LogP contribution is 2.27. The second kappa shape index (κ2) is 5.35. The molecule has 0 spiro atoms. The molecule has 0 aromatic heterocycles. The zero-order valence-electron chi connectivity index (χ0n) is 10.3. The van der Waals surface area contributed by atoms with Crippen molar-refractivity contribution in [2.45, 2.75) is 25.8 Å². The Morgan fingerprint density at radius 1 is 1.56 bits per heavy atom. The Hall–Kier alpha value is -1.62. The summed E-state index contributed by atoms with van der Waals surface area (Å²) in [4.78, 5) is 13.6. The van der Waals surface area contributed by atoms with Gasteiger partial charge in [0.15, 0.2) is 0 Å². The van der Waals surface area contributed by atoms with Gasteiger partial charge < -0.3 is 15.3 Å². The second-order valence-corrected chi connectivity index (χ2v) is 4.54. The second-order valence-electron chi connectivity index (χ2n) is 4.54. The molecular formula is C13H17FN2O2. The molecule has 0 atom stereocenters. The van der Waals surface area contributed by atoms with Gasteiger partial charge in [0.1, 0.15) is 5.82 Å². The topological polar surface area (TPSA) is 52.6 Å². The van der Waals surface area contributed by atoms with Gasteiger partial charge in [-0.25, -0.2) is 9.18 Å². The SMILES string of the molecule is Cc1ccc(NC(=O)N(CCO)C2CC2)cc1F. The largest absolute Gasteiger partial charge is 0.395 e. The van der Waals surface area contributed by atoms with Crippen LogP contribution in [0, 0.1) is 12.7 Å². The Kier molecular flexibility index (Phi) is 3.81. The molecule has 0 unspecified atom stereocenters. The summed E-state index contributed by atoms with van der Waals surface area (Å²) in [5.41, 5.74) is 0.981. The average molecular weight is 252 g/mol. The van der Waals surface area contributed by atoms with Gasteiger partial charge in [-0.15, -0.1) is 0 Å². The predicted octanol–water partition coefficient (Wildman–Crippen LogP) is 2.12. The Balaban J connectivity index is 2.02. The van der Waals surface area contributed by atoms with Gasteiger partial charge in [-0.05, 0) is 37.5 Å². The normalized spacial score (nSPS) is 14.4. The monoisotopic (exact) mass is 252 g/mol. The third-order valence-electron chi connectivity index (χ3n) is 3.01. The molecule has 5 heteroatoms. The highest BCUT2D eigenvalue weighted by Gasteiger charge is 2.32. The molecule has 2 N–H and O–H groups in total. The van der Waals surface area contributed by atoms with Crippen LogP contribution < -0.4 is 5.32 Å². The van der Waals surface area contributed by atoms with Crippen molar-refractivity contribution in [3.63, 3.8) is 0 Å². The van der Waals surface area contributed by atoms with Gasteiger partial charge in [-0.1, -0.05) is 6.07 Å². The minimum absolute atomic E-state index is 0.0633. The maximum absolute atomic E-state index is 13.3. The van der Waals surface area contributed by atoms with Crippen molar-refractivity contribution in [3.05, 3.63) is 29.6 Å². The van der Waals surface area contributed by atoms with E-state index in [0.29, 0.717) is 17.8 Å². The predicted molar refractivity (Wildman–Crippen MR) is 67.0 cm³/mol.